The van der Waals surface area contributed by atoms with Gasteiger partial charge in [-0.3, -0.25) is 4.79 Å². The van der Waals surface area contributed by atoms with E-state index in [4.69, 9.17) is 4.74 Å². The smallest absolute Gasteiger partial charge is 0.257 e. The molecule has 0 spiro atoms. The third kappa shape index (κ3) is 3.31. The topological polar surface area (TPSA) is 41.6 Å². The fourth-order valence-electron chi connectivity index (χ4n) is 2.73. The van der Waals surface area contributed by atoms with Gasteiger partial charge in [0, 0.05) is 13.1 Å². The number of aryl methyl sites for hydroxylation is 1. The van der Waals surface area contributed by atoms with E-state index in [1.165, 1.54) is 0 Å². The number of benzene rings is 1. The molecule has 1 aliphatic rings. The molecular formula is C16H24N2O2. The third-order valence-corrected chi connectivity index (χ3v) is 4.00. The zero-order valence-corrected chi connectivity index (χ0v) is 12.6. The first kappa shape index (κ1) is 14.9. The SMILES string of the molecule is COc1ccc(C)cc1C(=O)N(C)C1CCCNCC1. The number of hydrogen-bond acceptors (Lipinski definition) is 3. The summed E-state index contributed by atoms with van der Waals surface area (Å²) in [5.41, 5.74) is 1.73. The number of nitrogens with one attached hydrogen (secondary N) is 1. The number of carbonyl (C=O) groups is 1. The van der Waals surface area contributed by atoms with Gasteiger partial charge in [-0.2, -0.15) is 0 Å². The van der Waals surface area contributed by atoms with Gasteiger partial charge in [0.1, 0.15) is 5.75 Å². The predicted octanol–water partition coefficient (Wildman–Crippen LogP) is 2.22. The Balaban J connectivity index is 2.19. The van der Waals surface area contributed by atoms with Crippen LogP contribution >= 0.6 is 0 Å². The molecule has 1 saturated heterocycles. The van der Waals surface area contributed by atoms with Gasteiger partial charge in [0.05, 0.1) is 12.7 Å². The summed E-state index contributed by atoms with van der Waals surface area (Å²) < 4.78 is 5.32. The zero-order chi connectivity index (χ0) is 14.5. The Hall–Kier alpha value is -1.55. The molecule has 0 aromatic heterocycles. The highest BCUT2D eigenvalue weighted by Gasteiger charge is 2.24. The van der Waals surface area contributed by atoms with Crippen molar-refractivity contribution < 1.29 is 9.53 Å². The Morgan fingerprint density at radius 3 is 2.90 bits per heavy atom. The van der Waals surface area contributed by atoms with Crippen molar-refractivity contribution in [2.75, 3.05) is 27.2 Å². The minimum Gasteiger partial charge on any atom is -0.496 e. The zero-order valence-electron chi connectivity index (χ0n) is 12.6. The molecule has 1 fully saturated rings. The van der Waals surface area contributed by atoms with Crippen LogP contribution in [0.25, 0.3) is 0 Å². The van der Waals surface area contributed by atoms with Gasteiger partial charge in [-0.15, -0.1) is 0 Å². The lowest BCUT2D eigenvalue weighted by Gasteiger charge is -2.27. The van der Waals surface area contributed by atoms with Crippen molar-refractivity contribution >= 4 is 5.91 Å². The summed E-state index contributed by atoms with van der Waals surface area (Å²) in [6.07, 6.45) is 3.19. The molecule has 1 aromatic carbocycles. The van der Waals surface area contributed by atoms with Crippen molar-refractivity contribution in [3.05, 3.63) is 29.3 Å². The molecule has 0 saturated carbocycles. The first-order chi connectivity index (χ1) is 9.63. The highest BCUT2D eigenvalue weighted by Crippen LogP contribution is 2.23. The van der Waals surface area contributed by atoms with E-state index in [0.29, 0.717) is 17.4 Å². The van der Waals surface area contributed by atoms with Gasteiger partial charge in [-0.25, -0.2) is 0 Å². The maximum absolute atomic E-state index is 12.7. The molecular weight excluding hydrogens is 252 g/mol. The van der Waals surface area contributed by atoms with Crippen LogP contribution in [0.15, 0.2) is 18.2 Å². The van der Waals surface area contributed by atoms with E-state index in [1.54, 1.807) is 7.11 Å². The molecule has 1 N–H and O–H groups in total. The van der Waals surface area contributed by atoms with Crippen LogP contribution in [0.4, 0.5) is 0 Å². The molecule has 20 heavy (non-hydrogen) atoms. The molecule has 1 aromatic rings. The monoisotopic (exact) mass is 276 g/mol. The molecule has 1 atom stereocenters. The van der Waals surface area contributed by atoms with Crippen molar-refractivity contribution in [3.63, 3.8) is 0 Å². The van der Waals surface area contributed by atoms with Crippen LogP contribution in [0.2, 0.25) is 0 Å². The number of carbonyl (C=O) groups excluding carboxylic acids is 1. The minimum atomic E-state index is 0.0532. The highest BCUT2D eigenvalue weighted by atomic mass is 16.5. The summed E-state index contributed by atoms with van der Waals surface area (Å²) in [4.78, 5) is 14.6. The average molecular weight is 276 g/mol. The maximum Gasteiger partial charge on any atom is 0.257 e. The molecule has 0 bridgehead atoms. The standard InChI is InChI=1S/C16H24N2O2/c1-12-6-7-15(20-3)14(11-12)16(19)18(2)13-5-4-9-17-10-8-13/h6-7,11,13,17H,4-5,8-10H2,1-3H3. The Morgan fingerprint density at radius 1 is 1.35 bits per heavy atom. The molecule has 4 nitrogen and oxygen atoms in total. The van der Waals surface area contributed by atoms with E-state index in [2.05, 4.69) is 5.32 Å². The average Bonchev–Trinajstić information content (AvgIpc) is 2.74. The molecule has 1 aliphatic heterocycles. The van der Waals surface area contributed by atoms with Crippen LogP contribution < -0.4 is 10.1 Å². The Kier molecular flexibility index (Phi) is 5.01. The second-order valence-electron chi connectivity index (χ2n) is 5.45. The molecule has 1 unspecified atom stereocenters. The molecule has 2 rings (SSSR count). The number of amides is 1. The Labute approximate surface area is 121 Å². The van der Waals surface area contributed by atoms with Crippen molar-refractivity contribution in [1.29, 1.82) is 0 Å². The summed E-state index contributed by atoms with van der Waals surface area (Å²) in [5.74, 6) is 0.705. The summed E-state index contributed by atoms with van der Waals surface area (Å²) in [5, 5.41) is 3.38. The van der Waals surface area contributed by atoms with E-state index in [1.807, 2.05) is 37.1 Å². The largest absolute Gasteiger partial charge is 0.496 e. The molecule has 0 aliphatic carbocycles. The predicted molar refractivity (Wildman–Crippen MR) is 80.3 cm³/mol. The van der Waals surface area contributed by atoms with Crippen LogP contribution in [0.1, 0.15) is 35.2 Å². The molecule has 1 heterocycles. The van der Waals surface area contributed by atoms with Crippen molar-refractivity contribution in [2.45, 2.75) is 32.2 Å². The lowest BCUT2D eigenvalue weighted by molar-refractivity contribution is 0.0717. The Morgan fingerprint density at radius 2 is 2.15 bits per heavy atom. The molecule has 1 amide bonds. The van der Waals surface area contributed by atoms with Crippen molar-refractivity contribution in [1.82, 2.24) is 10.2 Å². The second-order valence-corrected chi connectivity index (χ2v) is 5.45. The van der Waals surface area contributed by atoms with Crippen LogP contribution in [0, 0.1) is 6.92 Å². The van der Waals surface area contributed by atoms with Gasteiger partial charge in [0.2, 0.25) is 0 Å². The molecule has 0 radical (unpaired) electrons. The Bertz CT molecular complexity index is 466. The van der Waals surface area contributed by atoms with Crippen LogP contribution in [-0.2, 0) is 0 Å². The number of hydrogen-bond donors (Lipinski definition) is 1. The highest BCUT2D eigenvalue weighted by molar-refractivity contribution is 5.97. The van der Waals surface area contributed by atoms with Crippen molar-refractivity contribution in [3.8, 4) is 5.75 Å². The van der Waals surface area contributed by atoms with Gasteiger partial charge in [0.25, 0.3) is 5.91 Å². The fourth-order valence-corrected chi connectivity index (χ4v) is 2.73. The van der Waals surface area contributed by atoms with E-state index >= 15 is 0 Å². The quantitative estimate of drug-likeness (QED) is 0.920. The van der Waals surface area contributed by atoms with E-state index < -0.39 is 0 Å². The van der Waals surface area contributed by atoms with E-state index in [9.17, 15) is 4.79 Å². The molecule has 110 valence electrons. The van der Waals surface area contributed by atoms with E-state index in [0.717, 1.165) is 37.9 Å². The molecule has 4 heteroatoms. The van der Waals surface area contributed by atoms with Gasteiger partial charge in [0.15, 0.2) is 0 Å². The fraction of sp³-hybridized carbons (Fsp3) is 0.562. The summed E-state index contributed by atoms with van der Waals surface area (Å²) in [6, 6.07) is 6.05. The van der Waals surface area contributed by atoms with Crippen LogP contribution in [-0.4, -0.2) is 44.1 Å². The lowest BCUT2D eigenvalue weighted by atomic mass is 10.0. The maximum atomic E-state index is 12.7. The number of nitrogens with zero attached hydrogens (tertiary/aromatic N) is 1. The van der Waals surface area contributed by atoms with Gasteiger partial charge in [-0.1, -0.05) is 11.6 Å². The number of methoxy groups -OCH3 is 1. The summed E-state index contributed by atoms with van der Waals surface area (Å²) in [7, 11) is 3.51. The lowest BCUT2D eigenvalue weighted by Crippen LogP contribution is -2.37. The van der Waals surface area contributed by atoms with Crippen LogP contribution in [0.5, 0.6) is 5.75 Å². The summed E-state index contributed by atoms with van der Waals surface area (Å²) >= 11 is 0. The minimum absolute atomic E-state index is 0.0532. The van der Waals surface area contributed by atoms with Gasteiger partial charge >= 0.3 is 0 Å². The number of ether oxygens (including phenoxy) is 1. The van der Waals surface area contributed by atoms with Crippen molar-refractivity contribution in [2.24, 2.45) is 0 Å². The number of rotatable bonds is 3. The van der Waals surface area contributed by atoms with E-state index in [-0.39, 0.29) is 5.91 Å². The summed E-state index contributed by atoms with van der Waals surface area (Å²) in [6.45, 7) is 4.02. The first-order valence-electron chi connectivity index (χ1n) is 7.26. The van der Waals surface area contributed by atoms with Gasteiger partial charge < -0.3 is 15.0 Å². The third-order valence-electron chi connectivity index (χ3n) is 4.00. The van der Waals surface area contributed by atoms with Crippen LogP contribution in [0.3, 0.4) is 0 Å². The second kappa shape index (κ2) is 6.75. The van der Waals surface area contributed by atoms with Gasteiger partial charge in [-0.05, 0) is 51.4 Å². The first-order valence-corrected chi connectivity index (χ1v) is 7.26. The normalized spacial score (nSPS) is 19.2.